The fourth-order valence-electron chi connectivity index (χ4n) is 4.25. The average Bonchev–Trinajstić information content (AvgIpc) is 3.27. The number of amides is 1. The highest BCUT2D eigenvalue weighted by atomic mass is 127. The van der Waals surface area contributed by atoms with Crippen molar-refractivity contribution in [2.45, 2.75) is 32.3 Å². The van der Waals surface area contributed by atoms with Gasteiger partial charge in [-0.05, 0) is 124 Å². The monoisotopic (exact) mass is 752 g/mol. The van der Waals surface area contributed by atoms with Crippen molar-refractivity contribution in [2.75, 3.05) is 5.32 Å². The molecule has 0 bridgehead atoms. The van der Waals surface area contributed by atoms with Gasteiger partial charge in [-0.2, -0.15) is 0 Å². The maximum Gasteiger partial charge on any atom is 0.259 e. The van der Waals surface area contributed by atoms with Gasteiger partial charge >= 0.3 is 0 Å². The molecule has 8 heteroatoms. The van der Waals surface area contributed by atoms with Crippen molar-refractivity contribution in [1.29, 1.82) is 0 Å². The van der Waals surface area contributed by atoms with E-state index < -0.39 is 0 Å². The lowest BCUT2D eigenvalue weighted by Crippen LogP contribution is -2.14. The third-order valence-corrected chi connectivity index (χ3v) is 9.11. The molecular formula is C29H23ClI2N2O2S. The van der Waals surface area contributed by atoms with Crippen LogP contribution in [0.15, 0.2) is 71.7 Å². The van der Waals surface area contributed by atoms with Gasteiger partial charge in [0.1, 0.15) is 17.4 Å². The van der Waals surface area contributed by atoms with Crippen LogP contribution in [0.3, 0.4) is 0 Å². The summed E-state index contributed by atoms with van der Waals surface area (Å²) in [6.45, 7) is 0.469. The number of para-hydroxylation sites is 1. The Labute approximate surface area is 252 Å². The normalized spacial score (nSPS) is 12.9. The largest absolute Gasteiger partial charge is 0.487 e. The third-order valence-electron chi connectivity index (χ3n) is 6.06. The molecule has 3 aromatic carbocycles. The van der Waals surface area contributed by atoms with Crippen molar-refractivity contribution in [3.8, 4) is 5.75 Å². The second-order valence-corrected chi connectivity index (χ2v) is 12.5. The summed E-state index contributed by atoms with van der Waals surface area (Å²) in [4.78, 5) is 19.4. The SMILES string of the molecule is O=C(Nc1ccccc1)c1c(N=Cc2cc(I)c(OCc3ccc(Cl)cc3)c(I)c2)sc2c1CCCC2. The predicted molar refractivity (Wildman–Crippen MR) is 170 cm³/mol. The van der Waals surface area contributed by atoms with Crippen LogP contribution in [0, 0.1) is 7.14 Å². The van der Waals surface area contributed by atoms with Gasteiger partial charge in [0.25, 0.3) is 5.91 Å². The maximum absolute atomic E-state index is 13.3. The zero-order valence-corrected chi connectivity index (χ0v) is 25.7. The van der Waals surface area contributed by atoms with E-state index in [-0.39, 0.29) is 5.91 Å². The van der Waals surface area contributed by atoms with Gasteiger partial charge in [-0.3, -0.25) is 4.79 Å². The number of aliphatic imine (C=N–C) groups is 1. The Morgan fingerprint density at radius 3 is 2.46 bits per heavy atom. The van der Waals surface area contributed by atoms with E-state index >= 15 is 0 Å². The highest BCUT2D eigenvalue weighted by Crippen LogP contribution is 2.40. The summed E-state index contributed by atoms with van der Waals surface area (Å²) in [5.41, 5.74) is 4.69. The highest BCUT2D eigenvalue weighted by molar-refractivity contribution is 14.1. The molecule has 5 rings (SSSR count). The fraction of sp³-hybridized carbons (Fsp3) is 0.172. The minimum Gasteiger partial charge on any atom is -0.487 e. The van der Waals surface area contributed by atoms with Crippen LogP contribution in [-0.2, 0) is 19.4 Å². The summed E-state index contributed by atoms with van der Waals surface area (Å²) in [5, 5.41) is 4.54. The molecule has 188 valence electrons. The van der Waals surface area contributed by atoms with E-state index in [1.165, 1.54) is 4.88 Å². The van der Waals surface area contributed by atoms with Crippen molar-refractivity contribution >= 4 is 90.9 Å². The summed E-state index contributed by atoms with van der Waals surface area (Å²) < 4.78 is 8.13. The van der Waals surface area contributed by atoms with Gasteiger partial charge in [0.2, 0.25) is 0 Å². The zero-order chi connectivity index (χ0) is 25.8. The van der Waals surface area contributed by atoms with Gasteiger partial charge in [-0.25, -0.2) is 4.99 Å². The van der Waals surface area contributed by atoms with Crippen LogP contribution < -0.4 is 10.1 Å². The molecular weight excluding hydrogens is 730 g/mol. The van der Waals surface area contributed by atoms with Gasteiger partial charge in [0.05, 0.1) is 12.7 Å². The molecule has 0 aliphatic heterocycles. The van der Waals surface area contributed by atoms with Crippen LogP contribution in [0.25, 0.3) is 0 Å². The molecule has 0 unspecified atom stereocenters. The molecule has 37 heavy (non-hydrogen) atoms. The summed E-state index contributed by atoms with van der Waals surface area (Å²) in [6, 6.07) is 21.4. The number of carbonyl (C=O) groups excluding carboxylic acids is 1. The van der Waals surface area contributed by atoms with Gasteiger partial charge in [-0.1, -0.05) is 41.9 Å². The molecule has 0 atom stereocenters. The van der Waals surface area contributed by atoms with E-state index in [0.29, 0.717) is 17.2 Å². The van der Waals surface area contributed by atoms with E-state index in [9.17, 15) is 4.79 Å². The van der Waals surface area contributed by atoms with E-state index in [1.54, 1.807) is 11.3 Å². The first-order valence-corrected chi connectivity index (χ1v) is 15.2. The Hall–Kier alpha value is -1.95. The molecule has 1 aliphatic rings. The number of ether oxygens (including phenoxy) is 1. The number of rotatable bonds is 7. The van der Waals surface area contributed by atoms with E-state index in [4.69, 9.17) is 21.3 Å². The minimum atomic E-state index is -0.0899. The third kappa shape index (κ3) is 6.55. The number of nitrogens with zero attached hydrogens (tertiary/aromatic N) is 1. The lowest BCUT2D eigenvalue weighted by molar-refractivity contribution is 0.102. The number of carbonyl (C=O) groups is 1. The van der Waals surface area contributed by atoms with Crippen LogP contribution in [0.1, 0.15) is 44.8 Å². The number of aryl methyl sites for hydroxylation is 1. The minimum absolute atomic E-state index is 0.0899. The molecule has 1 aromatic heterocycles. The number of nitrogens with one attached hydrogen (secondary N) is 1. The molecule has 1 aliphatic carbocycles. The molecule has 1 amide bonds. The first kappa shape index (κ1) is 26.6. The number of benzene rings is 3. The number of fused-ring (bicyclic) bond motifs is 1. The number of halogens is 3. The van der Waals surface area contributed by atoms with Crippen molar-refractivity contribution in [2.24, 2.45) is 4.99 Å². The second-order valence-electron chi connectivity index (χ2n) is 8.70. The van der Waals surface area contributed by atoms with Crippen molar-refractivity contribution < 1.29 is 9.53 Å². The van der Waals surface area contributed by atoms with Crippen molar-refractivity contribution in [3.05, 3.63) is 106 Å². The molecule has 0 fully saturated rings. The Balaban J connectivity index is 1.38. The number of hydrogen-bond acceptors (Lipinski definition) is 4. The lowest BCUT2D eigenvalue weighted by atomic mass is 9.95. The zero-order valence-electron chi connectivity index (χ0n) is 19.8. The fourth-order valence-corrected chi connectivity index (χ4v) is 7.74. The van der Waals surface area contributed by atoms with Crippen LogP contribution in [0.5, 0.6) is 5.75 Å². The summed E-state index contributed by atoms with van der Waals surface area (Å²) in [5.74, 6) is 0.760. The van der Waals surface area contributed by atoms with Crippen LogP contribution >= 0.6 is 68.1 Å². The van der Waals surface area contributed by atoms with E-state index in [0.717, 1.165) is 66.0 Å². The Morgan fingerprint density at radius 2 is 1.73 bits per heavy atom. The molecule has 4 aromatic rings. The first-order chi connectivity index (χ1) is 18.0. The standard InChI is InChI=1S/C29H23ClI2N2O2S/c30-20-12-10-18(11-13-20)17-36-27-23(31)14-19(15-24(27)32)16-33-29-26(22-8-4-5-9-25(22)37-29)28(35)34-21-6-2-1-3-7-21/h1-3,6-7,10-16H,4-5,8-9,17H2,(H,34,35). The molecule has 0 saturated heterocycles. The summed E-state index contributed by atoms with van der Waals surface area (Å²) in [6.07, 6.45) is 6.05. The van der Waals surface area contributed by atoms with Crippen molar-refractivity contribution in [1.82, 2.24) is 0 Å². The summed E-state index contributed by atoms with van der Waals surface area (Å²) >= 11 is 12.2. The average molecular weight is 753 g/mol. The smallest absolute Gasteiger partial charge is 0.259 e. The molecule has 4 nitrogen and oxygen atoms in total. The summed E-state index contributed by atoms with van der Waals surface area (Å²) in [7, 11) is 0. The van der Waals surface area contributed by atoms with E-state index in [2.05, 4.69) is 62.6 Å². The van der Waals surface area contributed by atoms with Gasteiger partial charge in [0.15, 0.2) is 0 Å². The van der Waals surface area contributed by atoms with Gasteiger partial charge < -0.3 is 10.1 Å². The van der Waals surface area contributed by atoms with Crippen LogP contribution in [0.4, 0.5) is 10.7 Å². The first-order valence-electron chi connectivity index (χ1n) is 11.9. The van der Waals surface area contributed by atoms with Gasteiger partial charge in [0, 0.05) is 21.8 Å². The van der Waals surface area contributed by atoms with Crippen LogP contribution in [-0.4, -0.2) is 12.1 Å². The number of thiophene rings is 1. The molecule has 1 N–H and O–H groups in total. The number of anilines is 1. The quantitative estimate of drug-likeness (QED) is 0.151. The molecule has 0 radical (unpaired) electrons. The van der Waals surface area contributed by atoms with E-state index in [1.807, 2.05) is 60.8 Å². The van der Waals surface area contributed by atoms with Gasteiger partial charge in [-0.15, -0.1) is 11.3 Å². The predicted octanol–water partition coefficient (Wildman–Crippen LogP) is 9.07. The molecule has 0 saturated carbocycles. The Morgan fingerprint density at radius 1 is 1.03 bits per heavy atom. The lowest BCUT2D eigenvalue weighted by Gasteiger charge is -2.13. The van der Waals surface area contributed by atoms with Crippen molar-refractivity contribution in [3.63, 3.8) is 0 Å². The number of hydrogen-bond donors (Lipinski definition) is 1. The maximum atomic E-state index is 13.3. The Kier molecular flexibility index (Phi) is 8.84. The Bertz CT molecular complexity index is 1430. The second kappa shape index (κ2) is 12.3. The molecule has 1 heterocycles. The topological polar surface area (TPSA) is 50.7 Å². The van der Waals surface area contributed by atoms with Crippen LogP contribution in [0.2, 0.25) is 5.02 Å². The highest BCUT2D eigenvalue weighted by Gasteiger charge is 2.25. The molecule has 0 spiro atoms.